The topological polar surface area (TPSA) is 60.5 Å². The lowest BCUT2D eigenvalue weighted by molar-refractivity contribution is 0.0946. The molecule has 0 bridgehead atoms. The van der Waals surface area contributed by atoms with Crippen molar-refractivity contribution in [2.75, 3.05) is 13.2 Å². The highest BCUT2D eigenvalue weighted by atomic mass is 16.5. The monoisotopic (exact) mass is 326 g/mol. The fourth-order valence-electron chi connectivity index (χ4n) is 2.73. The van der Waals surface area contributed by atoms with Gasteiger partial charge < -0.3 is 14.8 Å². The first-order valence-electron chi connectivity index (χ1n) is 8.09. The van der Waals surface area contributed by atoms with Crippen molar-refractivity contribution in [2.24, 2.45) is 0 Å². The van der Waals surface area contributed by atoms with Crippen LogP contribution in [-0.2, 0) is 6.42 Å². The fraction of sp³-hybridized carbons (Fsp3) is 0.368. The van der Waals surface area contributed by atoms with E-state index in [-0.39, 0.29) is 11.5 Å². The van der Waals surface area contributed by atoms with Gasteiger partial charge in [-0.3, -0.25) is 9.78 Å². The average molecular weight is 326 g/mol. The van der Waals surface area contributed by atoms with Gasteiger partial charge in [0.2, 0.25) is 0 Å². The van der Waals surface area contributed by atoms with Gasteiger partial charge in [0.25, 0.3) is 5.91 Å². The van der Waals surface area contributed by atoms with Crippen LogP contribution < -0.4 is 14.8 Å². The molecule has 1 aliphatic rings. The number of carbonyl (C=O) groups excluding carboxylic acids is 1. The van der Waals surface area contributed by atoms with E-state index in [1.54, 1.807) is 12.3 Å². The number of ether oxygens (including phenoxy) is 2. The second kappa shape index (κ2) is 6.51. The third-order valence-corrected chi connectivity index (χ3v) is 3.87. The summed E-state index contributed by atoms with van der Waals surface area (Å²) < 4.78 is 11.8. The molecule has 5 nitrogen and oxygen atoms in total. The van der Waals surface area contributed by atoms with Crippen molar-refractivity contribution in [3.63, 3.8) is 0 Å². The Kier molecular flexibility index (Phi) is 4.42. The van der Waals surface area contributed by atoms with Crippen LogP contribution in [0.15, 0.2) is 36.5 Å². The zero-order valence-electron chi connectivity index (χ0n) is 14.3. The van der Waals surface area contributed by atoms with Gasteiger partial charge in [-0.2, -0.15) is 0 Å². The van der Waals surface area contributed by atoms with Crippen molar-refractivity contribution >= 4 is 5.91 Å². The molecule has 2 aromatic rings. The predicted molar refractivity (Wildman–Crippen MR) is 91.7 cm³/mol. The molecule has 1 N–H and O–H groups in total. The molecule has 1 aromatic heterocycles. The third kappa shape index (κ3) is 3.67. The molecule has 24 heavy (non-hydrogen) atoms. The Hall–Kier alpha value is -2.56. The zero-order valence-corrected chi connectivity index (χ0v) is 14.3. The van der Waals surface area contributed by atoms with E-state index in [9.17, 15) is 4.79 Å². The van der Waals surface area contributed by atoms with E-state index in [1.165, 1.54) is 0 Å². The molecule has 5 heteroatoms. The zero-order chi connectivity index (χ0) is 17.2. The van der Waals surface area contributed by atoms with Crippen LogP contribution in [0.1, 0.15) is 35.5 Å². The van der Waals surface area contributed by atoms with Crippen LogP contribution in [0, 0.1) is 6.92 Å². The standard InChI is InChI=1S/C19H22N2O3/c1-13-7-8-15(12-21-13)18(22)20-9-10-23-16-6-4-5-14-11-19(2,3)24-17(14)16/h4-8,12H,9-11H2,1-3H3,(H,20,22). The molecule has 0 spiro atoms. The van der Waals surface area contributed by atoms with Gasteiger partial charge in [-0.1, -0.05) is 12.1 Å². The molecule has 1 amide bonds. The number of aromatic nitrogens is 1. The van der Waals surface area contributed by atoms with E-state index < -0.39 is 0 Å². The van der Waals surface area contributed by atoms with Crippen molar-refractivity contribution in [3.05, 3.63) is 53.3 Å². The minimum atomic E-state index is -0.200. The number of nitrogens with zero attached hydrogens (tertiary/aromatic N) is 1. The van der Waals surface area contributed by atoms with Crippen LogP contribution in [0.2, 0.25) is 0 Å². The highest BCUT2D eigenvalue weighted by Crippen LogP contribution is 2.41. The number of pyridine rings is 1. The van der Waals surface area contributed by atoms with Crippen molar-refractivity contribution in [1.82, 2.24) is 10.3 Å². The van der Waals surface area contributed by atoms with E-state index in [4.69, 9.17) is 9.47 Å². The Morgan fingerprint density at radius 2 is 2.17 bits per heavy atom. The lowest BCUT2D eigenvalue weighted by Gasteiger charge is -2.18. The summed E-state index contributed by atoms with van der Waals surface area (Å²) in [5, 5.41) is 2.83. The average Bonchev–Trinajstić information content (AvgIpc) is 2.86. The van der Waals surface area contributed by atoms with Gasteiger partial charge in [-0.05, 0) is 39.0 Å². The molecule has 126 valence electrons. The minimum Gasteiger partial charge on any atom is -0.488 e. The summed E-state index contributed by atoms with van der Waals surface area (Å²) in [6.45, 7) is 6.81. The first-order valence-corrected chi connectivity index (χ1v) is 8.09. The van der Waals surface area contributed by atoms with Crippen molar-refractivity contribution in [2.45, 2.75) is 32.8 Å². The lowest BCUT2D eigenvalue weighted by atomic mass is 10.0. The van der Waals surface area contributed by atoms with Crippen LogP contribution >= 0.6 is 0 Å². The van der Waals surface area contributed by atoms with E-state index >= 15 is 0 Å². The van der Waals surface area contributed by atoms with Crippen molar-refractivity contribution in [1.29, 1.82) is 0 Å². The van der Waals surface area contributed by atoms with Gasteiger partial charge in [0.15, 0.2) is 11.5 Å². The molecule has 0 radical (unpaired) electrons. The molecule has 1 aliphatic heterocycles. The number of aryl methyl sites for hydroxylation is 1. The van der Waals surface area contributed by atoms with E-state index in [2.05, 4.69) is 30.2 Å². The van der Waals surface area contributed by atoms with Crippen molar-refractivity contribution < 1.29 is 14.3 Å². The lowest BCUT2D eigenvalue weighted by Crippen LogP contribution is -2.28. The van der Waals surface area contributed by atoms with E-state index in [1.807, 2.05) is 25.1 Å². The Morgan fingerprint density at radius 1 is 1.33 bits per heavy atom. The van der Waals surface area contributed by atoms with Crippen LogP contribution in [0.5, 0.6) is 11.5 Å². The van der Waals surface area contributed by atoms with Gasteiger partial charge in [-0.25, -0.2) is 0 Å². The van der Waals surface area contributed by atoms with E-state index in [0.717, 1.165) is 29.2 Å². The Morgan fingerprint density at radius 3 is 2.92 bits per heavy atom. The predicted octanol–water partition coefficient (Wildman–Crippen LogP) is 2.91. The molecule has 0 aliphatic carbocycles. The maximum Gasteiger partial charge on any atom is 0.252 e. The molecular formula is C19H22N2O3. The number of para-hydroxylation sites is 1. The second-order valence-corrected chi connectivity index (χ2v) is 6.58. The smallest absolute Gasteiger partial charge is 0.252 e. The minimum absolute atomic E-state index is 0.151. The Labute approximate surface area is 142 Å². The molecule has 0 atom stereocenters. The number of amides is 1. The quantitative estimate of drug-likeness (QED) is 0.858. The summed E-state index contributed by atoms with van der Waals surface area (Å²) in [6, 6.07) is 9.50. The highest BCUT2D eigenvalue weighted by Gasteiger charge is 2.32. The van der Waals surface area contributed by atoms with E-state index in [0.29, 0.717) is 18.7 Å². The Bertz CT molecular complexity index is 739. The Balaban J connectivity index is 1.52. The van der Waals surface area contributed by atoms with Crippen LogP contribution in [0.25, 0.3) is 0 Å². The summed E-state index contributed by atoms with van der Waals surface area (Å²) in [4.78, 5) is 16.1. The number of hydrogen-bond acceptors (Lipinski definition) is 4. The first-order chi connectivity index (χ1) is 11.4. The summed E-state index contributed by atoms with van der Waals surface area (Å²) in [6.07, 6.45) is 2.45. The fourth-order valence-corrected chi connectivity index (χ4v) is 2.73. The summed E-state index contributed by atoms with van der Waals surface area (Å²) in [5.41, 5.74) is 2.39. The highest BCUT2D eigenvalue weighted by molar-refractivity contribution is 5.93. The molecule has 0 fully saturated rings. The van der Waals surface area contributed by atoms with Crippen molar-refractivity contribution in [3.8, 4) is 11.5 Å². The number of fused-ring (bicyclic) bond motifs is 1. The molecule has 2 heterocycles. The summed E-state index contributed by atoms with van der Waals surface area (Å²) in [5.74, 6) is 1.39. The maximum atomic E-state index is 12.0. The third-order valence-electron chi connectivity index (χ3n) is 3.87. The molecule has 0 saturated carbocycles. The molecule has 1 aromatic carbocycles. The van der Waals surface area contributed by atoms with Crippen LogP contribution in [-0.4, -0.2) is 29.6 Å². The van der Waals surface area contributed by atoms with Gasteiger partial charge in [0.05, 0.1) is 12.1 Å². The largest absolute Gasteiger partial charge is 0.488 e. The summed E-state index contributed by atoms with van der Waals surface area (Å²) >= 11 is 0. The van der Waals surface area contributed by atoms with Gasteiger partial charge in [-0.15, -0.1) is 0 Å². The number of benzene rings is 1. The molecule has 0 unspecified atom stereocenters. The number of nitrogens with one attached hydrogen (secondary N) is 1. The first kappa shape index (κ1) is 16.3. The SMILES string of the molecule is Cc1ccc(C(=O)NCCOc2cccc3c2OC(C)(C)C3)cn1. The summed E-state index contributed by atoms with van der Waals surface area (Å²) in [7, 11) is 0. The van der Waals surface area contributed by atoms with Gasteiger partial charge in [0, 0.05) is 23.9 Å². The van der Waals surface area contributed by atoms with Gasteiger partial charge in [0.1, 0.15) is 12.2 Å². The molecular weight excluding hydrogens is 304 g/mol. The second-order valence-electron chi connectivity index (χ2n) is 6.58. The number of hydrogen-bond donors (Lipinski definition) is 1. The molecule has 0 saturated heterocycles. The van der Waals surface area contributed by atoms with Gasteiger partial charge >= 0.3 is 0 Å². The number of carbonyl (C=O) groups is 1. The normalized spacial score (nSPS) is 14.6. The maximum absolute atomic E-state index is 12.0. The number of rotatable bonds is 5. The van der Waals surface area contributed by atoms with Crippen LogP contribution in [0.4, 0.5) is 0 Å². The molecule has 3 rings (SSSR count). The van der Waals surface area contributed by atoms with Crippen LogP contribution in [0.3, 0.4) is 0 Å².